The van der Waals surface area contributed by atoms with E-state index in [2.05, 4.69) is 6.07 Å². The highest BCUT2D eigenvalue weighted by Gasteiger charge is 2.37. The van der Waals surface area contributed by atoms with Gasteiger partial charge in [0.05, 0.1) is 12.2 Å². The van der Waals surface area contributed by atoms with Crippen molar-refractivity contribution >= 4 is 5.78 Å². The molecule has 0 aliphatic carbocycles. The van der Waals surface area contributed by atoms with Gasteiger partial charge in [-0.15, -0.1) is 0 Å². The first-order valence-corrected chi connectivity index (χ1v) is 5.66. The zero-order valence-corrected chi connectivity index (χ0v) is 9.69. The lowest BCUT2D eigenvalue weighted by atomic mass is 9.82. The van der Waals surface area contributed by atoms with Crippen LogP contribution in [0.5, 0.6) is 0 Å². The van der Waals surface area contributed by atoms with Crippen LogP contribution in [0.3, 0.4) is 0 Å². The fraction of sp³-hybridized carbons (Fsp3) is 0.833. The summed E-state index contributed by atoms with van der Waals surface area (Å²) in [5, 5.41) is 8.97. The van der Waals surface area contributed by atoms with Crippen molar-refractivity contribution in [2.45, 2.75) is 39.7 Å². The van der Waals surface area contributed by atoms with Crippen molar-refractivity contribution in [3.05, 3.63) is 0 Å². The molecule has 3 heteroatoms. The Bertz CT molecular complexity index is 267. The quantitative estimate of drug-likeness (QED) is 0.713. The minimum atomic E-state index is -0.467. The molecule has 1 aliphatic heterocycles. The Kier molecular flexibility index (Phi) is 4.28. The second-order valence-electron chi connectivity index (χ2n) is 4.47. The topological polar surface area (TPSA) is 50.1 Å². The van der Waals surface area contributed by atoms with Crippen LogP contribution in [-0.4, -0.2) is 18.5 Å². The average molecular weight is 209 g/mol. The highest BCUT2D eigenvalue weighted by molar-refractivity contribution is 5.86. The molecule has 0 aromatic carbocycles. The van der Waals surface area contributed by atoms with Gasteiger partial charge in [-0.2, -0.15) is 5.26 Å². The standard InChI is InChI=1S/C12H19NO2/c1-4-11-9(5-6-15-11)12(14)10(7-13)8(2)3/h8-11H,4-6H2,1-3H3. The molecule has 0 aromatic heterocycles. The fourth-order valence-electron chi connectivity index (χ4n) is 2.15. The van der Waals surface area contributed by atoms with Crippen LogP contribution in [0.25, 0.3) is 0 Å². The molecular weight excluding hydrogens is 190 g/mol. The molecule has 0 N–H and O–H groups in total. The Morgan fingerprint density at radius 3 is 2.73 bits per heavy atom. The minimum Gasteiger partial charge on any atom is -0.377 e. The molecule has 1 rings (SSSR count). The lowest BCUT2D eigenvalue weighted by Gasteiger charge is -2.20. The first-order chi connectivity index (χ1) is 7.11. The summed E-state index contributed by atoms with van der Waals surface area (Å²) in [4.78, 5) is 12.1. The highest BCUT2D eigenvalue weighted by atomic mass is 16.5. The van der Waals surface area contributed by atoms with E-state index < -0.39 is 5.92 Å². The number of Topliss-reactive ketones (excluding diaryl/α,β-unsaturated/α-hetero) is 1. The molecule has 3 nitrogen and oxygen atoms in total. The number of nitriles is 1. The van der Waals surface area contributed by atoms with E-state index in [1.807, 2.05) is 20.8 Å². The highest BCUT2D eigenvalue weighted by Crippen LogP contribution is 2.28. The van der Waals surface area contributed by atoms with Crippen LogP contribution in [0.1, 0.15) is 33.6 Å². The fourth-order valence-corrected chi connectivity index (χ4v) is 2.15. The molecule has 0 bridgehead atoms. The van der Waals surface area contributed by atoms with Gasteiger partial charge in [0, 0.05) is 12.5 Å². The van der Waals surface area contributed by atoms with E-state index in [1.54, 1.807) is 0 Å². The second kappa shape index (κ2) is 5.27. The van der Waals surface area contributed by atoms with E-state index in [0.29, 0.717) is 6.61 Å². The predicted octanol–water partition coefficient (Wildman–Crippen LogP) is 2.17. The third-order valence-electron chi connectivity index (χ3n) is 3.09. The van der Waals surface area contributed by atoms with Gasteiger partial charge in [0.2, 0.25) is 0 Å². The molecule has 1 aliphatic rings. The zero-order chi connectivity index (χ0) is 11.4. The number of nitrogens with zero attached hydrogens (tertiary/aromatic N) is 1. The van der Waals surface area contributed by atoms with Gasteiger partial charge < -0.3 is 4.74 Å². The van der Waals surface area contributed by atoms with E-state index in [4.69, 9.17) is 10.00 Å². The molecule has 15 heavy (non-hydrogen) atoms. The first-order valence-electron chi connectivity index (χ1n) is 5.66. The van der Waals surface area contributed by atoms with Crippen LogP contribution in [0.15, 0.2) is 0 Å². The summed E-state index contributed by atoms with van der Waals surface area (Å²) in [5.74, 6) is -0.342. The van der Waals surface area contributed by atoms with Crippen LogP contribution in [-0.2, 0) is 9.53 Å². The molecule has 1 fully saturated rings. The molecule has 1 saturated heterocycles. The van der Waals surface area contributed by atoms with Crippen LogP contribution in [0.4, 0.5) is 0 Å². The van der Waals surface area contributed by atoms with Gasteiger partial charge in [-0.1, -0.05) is 20.8 Å². The van der Waals surface area contributed by atoms with Gasteiger partial charge in [-0.3, -0.25) is 4.79 Å². The number of ketones is 1. The maximum absolute atomic E-state index is 12.1. The van der Waals surface area contributed by atoms with E-state index >= 15 is 0 Å². The van der Waals surface area contributed by atoms with E-state index in [9.17, 15) is 4.79 Å². The normalized spacial score (nSPS) is 27.7. The maximum Gasteiger partial charge on any atom is 0.155 e. The summed E-state index contributed by atoms with van der Waals surface area (Å²) in [7, 11) is 0. The number of carbonyl (C=O) groups excluding carboxylic acids is 1. The molecule has 0 saturated carbocycles. The zero-order valence-electron chi connectivity index (χ0n) is 9.69. The van der Waals surface area contributed by atoms with Gasteiger partial charge in [-0.05, 0) is 18.8 Å². The molecule has 0 radical (unpaired) electrons. The van der Waals surface area contributed by atoms with Crippen LogP contribution < -0.4 is 0 Å². The van der Waals surface area contributed by atoms with Gasteiger partial charge in [0.1, 0.15) is 5.92 Å². The summed E-state index contributed by atoms with van der Waals surface area (Å²) < 4.78 is 5.48. The van der Waals surface area contributed by atoms with E-state index in [-0.39, 0.29) is 23.7 Å². The van der Waals surface area contributed by atoms with Crippen molar-refractivity contribution in [2.24, 2.45) is 17.8 Å². The van der Waals surface area contributed by atoms with Crippen molar-refractivity contribution in [3.8, 4) is 6.07 Å². The van der Waals surface area contributed by atoms with E-state index in [0.717, 1.165) is 12.8 Å². The lowest BCUT2D eigenvalue weighted by molar-refractivity contribution is -0.127. The predicted molar refractivity (Wildman–Crippen MR) is 57.1 cm³/mol. The Labute approximate surface area is 91.4 Å². The van der Waals surface area contributed by atoms with Gasteiger partial charge >= 0.3 is 0 Å². The summed E-state index contributed by atoms with van der Waals surface area (Å²) in [6, 6.07) is 2.12. The molecule has 84 valence electrons. The summed E-state index contributed by atoms with van der Waals surface area (Å²) >= 11 is 0. The SMILES string of the molecule is CCC1OCCC1C(=O)C(C#N)C(C)C. The number of rotatable bonds is 4. The Morgan fingerprint density at radius 1 is 1.60 bits per heavy atom. The minimum absolute atomic E-state index is 0.0344. The monoisotopic (exact) mass is 209 g/mol. The van der Waals surface area contributed by atoms with Crippen molar-refractivity contribution in [2.75, 3.05) is 6.61 Å². The number of hydrogen-bond acceptors (Lipinski definition) is 3. The van der Waals surface area contributed by atoms with Crippen molar-refractivity contribution < 1.29 is 9.53 Å². The van der Waals surface area contributed by atoms with Gasteiger partial charge in [0.15, 0.2) is 5.78 Å². The largest absolute Gasteiger partial charge is 0.377 e. The molecule has 1 heterocycles. The maximum atomic E-state index is 12.1. The lowest BCUT2D eigenvalue weighted by Crippen LogP contribution is -2.31. The van der Waals surface area contributed by atoms with Crippen molar-refractivity contribution in [1.29, 1.82) is 5.26 Å². The van der Waals surface area contributed by atoms with Crippen molar-refractivity contribution in [3.63, 3.8) is 0 Å². The van der Waals surface area contributed by atoms with Crippen LogP contribution >= 0.6 is 0 Å². The summed E-state index contributed by atoms with van der Waals surface area (Å²) in [6.45, 7) is 6.52. The number of ether oxygens (including phenoxy) is 1. The molecular formula is C12H19NO2. The Balaban J connectivity index is 2.71. The third kappa shape index (κ3) is 2.57. The molecule has 0 amide bonds. The Morgan fingerprint density at radius 2 is 2.27 bits per heavy atom. The molecule has 0 aromatic rings. The van der Waals surface area contributed by atoms with Crippen molar-refractivity contribution in [1.82, 2.24) is 0 Å². The Hall–Kier alpha value is -0.880. The van der Waals surface area contributed by atoms with Crippen LogP contribution in [0.2, 0.25) is 0 Å². The average Bonchev–Trinajstić information content (AvgIpc) is 2.65. The third-order valence-corrected chi connectivity index (χ3v) is 3.09. The van der Waals surface area contributed by atoms with Gasteiger partial charge in [0.25, 0.3) is 0 Å². The van der Waals surface area contributed by atoms with Crippen LogP contribution in [0, 0.1) is 29.1 Å². The second-order valence-corrected chi connectivity index (χ2v) is 4.47. The number of hydrogen-bond donors (Lipinski definition) is 0. The molecule has 3 atom stereocenters. The molecule has 0 spiro atoms. The number of carbonyl (C=O) groups is 1. The van der Waals surface area contributed by atoms with Gasteiger partial charge in [-0.25, -0.2) is 0 Å². The van der Waals surface area contributed by atoms with E-state index in [1.165, 1.54) is 0 Å². The first kappa shape index (κ1) is 12.2. The summed E-state index contributed by atoms with van der Waals surface area (Å²) in [5.41, 5.74) is 0. The summed E-state index contributed by atoms with van der Waals surface area (Å²) in [6.07, 6.45) is 1.67. The molecule has 3 unspecified atom stereocenters. The smallest absolute Gasteiger partial charge is 0.155 e.